The summed E-state index contributed by atoms with van der Waals surface area (Å²) in [7, 11) is 0. The van der Waals surface area contributed by atoms with Gasteiger partial charge in [-0.05, 0) is 17.7 Å². The summed E-state index contributed by atoms with van der Waals surface area (Å²) in [6, 6.07) is 7.80. The molecule has 0 amide bonds. The highest BCUT2D eigenvalue weighted by molar-refractivity contribution is 6.07. The standard InChI is InChI=1S/C9H7NO2/c10-5-9(12)8-3-1-7(6-11)2-4-8/h1-4,11H,6H2. The van der Waals surface area contributed by atoms with Gasteiger partial charge in [0.2, 0.25) is 0 Å². The molecule has 1 N–H and O–H groups in total. The Bertz CT molecular complexity index is 321. The van der Waals surface area contributed by atoms with Crippen LogP contribution in [0.1, 0.15) is 15.9 Å². The number of aliphatic hydroxyl groups excluding tert-OH is 1. The molecule has 0 aliphatic carbocycles. The summed E-state index contributed by atoms with van der Waals surface area (Å²) >= 11 is 0. The first-order valence-corrected chi connectivity index (χ1v) is 3.42. The Hall–Kier alpha value is -1.66. The summed E-state index contributed by atoms with van der Waals surface area (Å²) < 4.78 is 0. The van der Waals surface area contributed by atoms with E-state index in [2.05, 4.69) is 0 Å². The molecule has 0 bridgehead atoms. The molecule has 0 radical (unpaired) electrons. The predicted molar refractivity (Wildman–Crippen MR) is 42.3 cm³/mol. The van der Waals surface area contributed by atoms with E-state index in [4.69, 9.17) is 10.4 Å². The van der Waals surface area contributed by atoms with Gasteiger partial charge in [0.1, 0.15) is 6.07 Å². The van der Waals surface area contributed by atoms with Gasteiger partial charge in [0.05, 0.1) is 6.61 Å². The maximum Gasteiger partial charge on any atom is 0.262 e. The number of rotatable bonds is 2. The minimum Gasteiger partial charge on any atom is -0.392 e. The highest BCUT2D eigenvalue weighted by atomic mass is 16.3. The molecule has 0 spiro atoms. The quantitative estimate of drug-likeness (QED) is 0.517. The summed E-state index contributed by atoms with van der Waals surface area (Å²) in [6.07, 6.45) is 0. The summed E-state index contributed by atoms with van der Waals surface area (Å²) in [5, 5.41) is 16.9. The third-order valence-corrected chi connectivity index (χ3v) is 1.50. The maximum atomic E-state index is 10.8. The Morgan fingerprint density at radius 2 is 2.00 bits per heavy atom. The van der Waals surface area contributed by atoms with E-state index in [0.717, 1.165) is 5.56 Å². The molecule has 12 heavy (non-hydrogen) atoms. The van der Waals surface area contributed by atoms with E-state index in [1.54, 1.807) is 12.1 Å². The van der Waals surface area contributed by atoms with Crippen molar-refractivity contribution < 1.29 is 9.90 Å². The molecule has 0 unspecified atom stereocenters. The Balaban J connectivity index is 2.94. The van der Waals surface area contributed by atoms with Crippen molar-refractivity contribution in [2.24, 2.45) is 0 Å². The average Bonchev–Trinajstić information content (AvgIpc) is 2.17. The summed E-state index contributed by atoms with van der Waals surface area (Å²) in [6.45, 7) is -0.0545. The summed E-state index contributed by atoms with van der Waals surface area (Å²) in [5.41, 5.74) is 1.08. The molecule has 0 heterocycles. The van der Waals surface area contributed by atoms with Crippen LogP contribution in [0.5, 0.6) is 0 Å². The topological polar surface area (TPSA) is 61.1 Å². The molecule has 1 aromatic carbocycles. The van der Waals surface area contributed by atoms with E-state index >= 15 is 0 Å². The van der Waals surface area contributed by atoms with Gasteiger partial charge in [-0.15, -0.1) is 0 Å². The van der Waals surface area contributed by atoms with Crippen LogP contribution in [0, 0.1) is 11.3 Å². The first kappa shape index (κ1) is 8.44. The van der Waals surface area contributed by atoms with Crippen molar-refractivity contribution in [3.05, 3.63) is 35.4 Å². The van der Waals surface area contributed by atoms with Crippen molar-refractivity contribution in [3.8, 4) is 6.07 Å². The lowest BCUT2D eigenvalue weighted by Gasteiger charge is -1.95. The Kier molecular flexibility index (Phi) is 2.57. The molecule has 0 aliphatic heterocycles. The second kappa shape index (κ2) is 3.65. The molecule has 0 saturated heterocycles. The van der Waals surface area contributed by atoms with Gasteiger partial charge in [0.15, 0.2) is 0 Å². The molecule has 0 saturated carbocycles. The molecule has 0 aromatic heterocycles. The van der Waals surface area contributed by atoms with Crippen molar-refractivity contribution >= 4 is 5.78 Å². The minimum atomic E-state index is -0.556. The number of nitrogens with zero attached hydrogens (tertiary/aromatic N) is 1. The number of carbonyl (C=O) groups excluding carboxylic acids is 1. The lowest BCUT2D eigenvalue weighted by molar-refractivity contribution is 0.105. The number of ketones is 1. The van der Waals surface area contributed by atoms with Gasteiger partial charge < -0.3 is 5.11 Å². The number of Topliss-reactive ketones (excluding diaryl/α,β-unsaturated/α-hetero) is 1. The van der Waals surface area contributed by atoms with Crippen LogP contribution in [-0.2, 0) is 6.61 Å². The predicted octanol–water partition coefficient (Wildman–Crippen LogP) is 0.885. The lowest BCUT2D eigenvalue weighted by atomic mass is 10.1. The van der Waals surface area contributed by atoms with Crippen LogP contribution in [0.4, 0.5) is 0 Å². The number of benzene rings is 1. The molecule has 60 valence electrons. The van der Waals surface area contributed by atoms with Gasteiger partial charge in [0, 0.05) is 5.56 Å². The zero-order chi connectivity index (χ0) is 8.97. The van der Waals surface area contributed by atoms with E-state index in [1.165, 1.54) is 18.2 Å². The maximum absolute atomic E-state index is 10.8. The molecule has 0 aliphatic rings. The average molecular weight is 161 g/mol. The monoisotopic (exact) mass is 161 g/mol. The van der Waals surface area contributed by atoms with Crippen LogP contribution in [-0.4, -0.2) is 10.9 Å². The molecule has 0 atom stereocenters. The Morgan fingerprint density at radius 3 is 2.42 bits per heavy atom. The fraction of sp³-hybridized carbons (Fsp3) is 0.111. The van der Waals surface area contributed by atoms with Crippen molar-refractivity contribution in [1.29, 1.82) is 5.26 Å². The third kappa shape index (κ3) is 1.68. The van der Waals surface area contributed by atoms with E-state index in [0.29, 0.717) is 5.56 Å². The number of hydrogen-bond donors (Lipinski definition) is 1. The fourth-order valence-corrected chi connectivity index (χ4v) is 0.826. The smallest absolute Gasteiger partial charge is 0.262 e. The number of aliphatic hydroxyl groups is 1. The molecule has 1 aromatic rings. The van der Waals surface area contributed by atoms with Crippen molar-refractivity contribution in [2.75, 3.05) is 0 Å². The second-order valence-electron chi connectivity index (χ2n) is 2.30. The van der Waals surface area contributed by atoms with Gasteiger partial charge in [-0.25, -0.2) is 0 Å². The molecular weight excluding hydrogens is 154 g/mol. The van der Waals surface area contributed by atoms with Crippen LogP contribution in [0.3, 0.4) is 0 Å². The SMILES string of the molecule is N#CC(=O)c1ccc(CO)cc1. The summed E-state index contributed by atoms with van der Waals surface area (Å²) in [4.78, 5) is 10.8. The van der Waals surface area contributed by atoms with Crippen molar-refractivity contribution in [3.63, 3.8) is 0 Å². The molecule has 3 heteroatoms. The number of carbonyl (C=O) groups is 1. The molecular formula is C9H7NO2. The van der Waals surface area contributed by atoms with Crippen LogP contribution in [0.2, 0.25) is 0 Å². The van der Waals surface area contributed by atoms with E-state index < -0.39 is 5.78 Å². The minimum absolute atomic E-state index is 0.0545. The number of hydrogen-bond acceptors (Lipinski definition) is 3. The highest BCUT2D eigenvalue weighted by Crippen LogP contribution is 2.04. The van der Waals surface area contributed by atoms with Crippen LogP contribution < -0.4 is 0 Å². The van der Waals surface area contributed by atoms with Crippen LogP contribution >= 0.6 is 0 Å². The largest absolute Gasteiger partial charge is 0.392 e. The van der Waals surface area contributed by atoms with Crippen LogP contribution in [0.15, 0.2) is 24.3 Å². The van der Waals surface area contributed by atoms with Gasteiger partial charge in [-0.3, -0.25) is 4.79 Å². The normalized spacial score (nSPS) is 9.00. The second-order valence-corrected chi connectivity index (χ2v) is 2.30. The van der Waals surface area contributed by atoms with Crippen LogP contribution in [0.25, 0.3) is 0 Å². The molecule has 0 fully saturated rings. The zero-order valence-corrected chi connectivity index (χ0v) is 6.32. The van der Waals surface area contributed by atoms with Gasteiger partial charge in [0.25, 0.3) is 5.78 Å². The fourth-order valence-electron chi connectivity index (χ4n) is 0.826. The van der Waals surface area contributed by atoms with E-state index in [9.17, 15) is 4.79 Å². The van der Waals surface area contributed by atoms with Gasteiger partial charge >= 0.3 is 0 Å². The van der Waals surface area contributed by atoms with Gasteiger partial charge in [-0.2, -0.15) is 5.26 Å². The van der Waals surface area contributed by atoms with Gasteiger partial charge in [-0.1, -0.05) is 12.1 Å². The zero-order valence-electron chi connectivity index (χ0n) is 6.32. The molecule has 1 rings (SSSR count). The Labute approximate surface area is 69.9 Å². The first-order valence-electron chi connectivity index (χ1n) is 3.42. The first-order chi connectivity index (χ1) is 5.77. The van der Waals surface area contributed by atoms with E-state index in [-0.39, 0.29) is 6.61 Å². The highest BCUT2D eigenvalue weighted by Gasteiger charge is 2.02. The van der Waals surface area contributed by atoms with Crippen molar-refractivity contribution in [1.82, 2.24) is 0 Å². The Morgan fingerprint density at radius 1 is 1.42 bits per heavy atom. The number of nitriles is 1. The summed E-state index contributed by atoms with van der Waals surface area (Å²) in [5.74, 6) is -0.556. The third-order valence-electron chi connectivity index (χ3n) is 1.50. The molecule has 3 nitrogen and oxygen atoms in total. The van der Waals surface area contributed by atoms with Crippen molar-refractivity contribution in [2.45, 2.75) is 6.61 Å². The lowest BCUT2D eigenvalue weighted by Crippen LogP contribution is -1.94. The van der Waals surface area contributed by atoms with E-state index in [1.807, 2.05) is 0 Å².